The lowest BCUT2D eigenvalue weighted by Crippen LogP contribution is -2.10. The zero-order chi connectivity index (χ0) is 9.54. The Labute approximate surface area is 82.5 Å². The number of hydrogen-bond acceptors (Lipinski definition) is 2. The highest BCUT2D eigenvalue weighted by atomic mass is 16.1. The lowest BCUT2D eigenvalue weighted by atomic mass is 10.1. The second-order valence-electron chi connectivity index (χ2n) is 3.92. The van der Waals surface area contributed by atoms with Crippen molar-refractivity contribution in [2.75, 3.05) is 0 Å². The molecule has 1 aromatic heterocycles. The van der Waals surface area contributed by atoms with Gasteiger partial charge in [-0.2, -0.15) is 0 Å². The normalized spacial score (nSPS) is 19.3. The number of rotatable bonds is 0. The number of carbonyl (C=O) groups excluding carboxylic acids is 1. The minimum atomic E-state index is 0.219. The molecule has 0 N–H and O–H groups in total. The lowest BCUT2D eigenvalue weighted by Gasteiger charge is -2.16. The summed E-state index contributed by atoms with van der Waals surface area (Å²) >= 11 is 0. The molecule has 14 heavy (non-hydrogen) atoms. The fourth-order valence-electron chi connectivity index (χ4n) is 2.29. The van der Waals surface area contributed by atoms with Crippen molar-refractivity contribution in [3.63, 3.8) is 0 Å². The van der Waals surface area contributed by atoms with Gasteiger partial charge in [-0.15, -0.1) is 0 Å². The van der Waals surface area contributed by atoms with Crippen molar-refractivity contribution in [2.45, 2.75) is 32.2 Å². The number of aliphatic imine (C=N–C) groups is 1. The highest BCUT2D eigenvalue weighted by Crippen LogP contribution is 2.31. The van der Waals surface area contributed by atoms with Crippen molar-refractivity contribution in [1.29, 1.82) is 0 Å². The summed E-state index contributed by atoms with van der Waals surface area (Å²) in [6.07, 6.45) is 5.73. The monoisotopic (exact) mass is 188 g/mol. The predicted molar refractivity (Wildman–Crippen MR) is 54.5 cm³/mol. The average Bonchev–Trinajstić information content (AvgIpc) is 2.59. The van der Waals surface area contributed by atoms with Gasteiger partial charge in [-0.1, -0.05) is 0 Å². The van der Waals surface area contributed by atoms with Crippen molar-refractivity contribution < 1.29 is 4.79 Å². The first-order chi connectivity index (χ1) is 6.86. The van der Waals surface area contributed by atoms with E-state index in [1.807, 2.05) is 6.07 Å². The molecule has 0 unspecified atom stereocenters. The summed E-state index contributed by atoms with van der Waals surface area (Å²) in [5, 5.41) is 0. The van der Waals surface area contributed by atoms with E-state index in [1.165, 1.54) is 18.5 Å². The number of ketones is 1. The molecule has 0 saturated heterocycles. The van der Waals surface area contributed by atoms with Crippen LogP contribution in [0.25, 0.3) is 0 Å². The van der Waals surface area contributed by atoms with Gasteiger partial charge in [0.25, 0.3) is 0 Å². The molecule has 2 aliphatic rings. The second kappa shape index (κ2) is 2.80. The number of nitrogens with zero attached hydrogens (tertiary/aromatic N) is 2. The van der Waals surface area contributed by atoms with E-state index in [0.717, 1.165) is 24.3 Å². The van der Waals surface area contributed by atoms with Gasteiger partial charge in [-0.3, -0.25) is 4.79 Å². The first-order valence-corrected chi connectivity index (χ1v) is 5.14. The maximum absolute atomic E-state index is 11.6. The van der Waals surface area contributed by atoms with Crippen molar-refractivity contribution in [3.8, 4) is 0 Å². The summed E-state index contributed by atoms with van der Waals surface area (Å²) in [6, 6.07) is 2.04. The van der Waals surface area contributed by atoms with Crippen LogP contribution in [0.3, 0.4) is 0 Å². The molecule has 3 nitrogen and oxygen atoms in total. The summed E-state index contributed by atoms with van der Waals surface area (Å²) < 4.78 is 2.20. The van der Waals surface area contributed by atoms with Crippen molar-refractivity contribution >= 4 is 17.8 Å². The molecule has 0 fully saturated rings. The lowest BCUT2D eigenvalue weighted by molar-refractivity contribution is 0.100. The third-order valence-corrected chi connectivity index (χ3v) is 3.01. The molecule has 0 aromatic carbocycles. The third-order valence-electron chi connectivity index (χ3n) is 3.01. The fourth-order valence-corrected chi connectivity index (χ4v) is 2.29. The Hall–Kier alpha value is -1.38. The first-order valence-electron chi connectivity index (χ1n) is 5.14. The molecule has 0 radical (unpaired) electrons. The van der Waals surface area contributed by atoms with Gasteiger partial charge < -0.3 is 4.57 Å². The molecule has 0 aliphatic carbocycles. The predicted octanol–water partition coefficient (Wildman–Crippen LogP) is 2.11. The van der Waals surface area contributed by atoms with Gasteiger partial charge in [-0.25, -0.2) is 4.99 Å². The number of fused-ring (bicyclic) bond motifs is 3. The minimum absolute atomic E-state index is 0.219. The zero-order valence-corrected chi connectivity index (χ0v) is 7.99. The van der Waals surface area contributed by atoms with Gasteiger partial charge >= 0.3 is 0 Å². The van der Waals surface area contributed by atoms with Crippen molar-refractivity contribution in [1.82, 2.24) is 4.57 Å². The molecule has 3 heterocycles. The number of aromatic nitrogens is 1. The Morgan fingerprint density at radius 1 is 1.36 bits per heavy atom. The topological polar surface area (TPSA) is 34.4 Å². The van der Waals surface area contributed by atoms with E-state index in [4.69, 9.17) is 0 Å². The molecule has 2 aliphatic heterocycles. The summed E-state index contributed by atoms with van der Waals surface area (Å²) in [5.41, 5.74) is 2.12. The van der Waals surface area contributed by atoms with Crippen LogP contribution < -0.4 is 0 Å². The van der Waals surface area contributed by atoms with E-state index < -0.39 is 0 Å². The van der Waals surface area contributed by atoms with Crippen molar-refractivity contribution in [3.05, 3.63) is 17.3 Å². The standard InChI is InChI=1S/C11H12N2O/c14-10-4-5-12-11-9(10)7-8-3-1-2-6-13(8)11/h5,7H,1-4,6H2. The summed E-state index contributed by atoms with van der Waals surface area (Å²) in [6.45, 7) is 1.02. The molecule has 0 atom stereocenters. The number of Topliss-reactive ketones (excluding diaryl/α,β-unsaturated/α-hetero) is 1. The van der Waals surface area contributed by atoms with Crippen LogP contribution >= 0.6 is 0 Å². The Morgan fingerprint density at radius 2 is 2.29 bits per heavy atom. The van der Waals surface area contributed by atoms with E-state index in [9.17, 15) is 4.79 Å². The molecule has 1 aromatic rings. The third kappa shape index (κ3) is 0.983. The summed E-state index contributed by atoms with van der Waals surface area (Å²) in [7, 11) is 0. The summed E-state index contributed by atoms with van der Waals surface area (Å²) in [4.78, 5) is 15.9. The van der Waals surface area contributed by atoms with Crippen LogP contribution in [0.5, 0.6) is 0 Å². The van der Waals surface area contributed by atoms with Crippen LogP contribution in [-0.2, 0) is 13.0 Å². The molecule has 72 valence electrons. The summed E-state index contributed by atoms with van der Waals surface area (Å²) in [5.74, 6) is 1.12. The van der Waals surface area contributed by atoms with E-state index >= 15 is 0 Å². The number of hydrogen-bond donors (Lipinski definition) is 0. The maximum atomic E-state index is 11.6. The molecule has 0 saturated carbocycles. The molecular formula is C11H12N2O. The highest BCUT2D eigenvalue weighted by Gasteiger charge is 2.23. The van der Waals surface area contributed by atoms with Crippen LogP contribution in [0.1, 0.15) is 35.3 Å². The Bertz CT molecular complexity index is 429. The number of carbonyl (C=O) groups is 1. The van der Waals surface area contributed by atoms with Crippen molar-refractivity contribution in [2.24, 2.45) is 4.99 Å². The van der Waals surface area contributed by atoms with E-state index in [1.54, 1.807) is 6.21 Å². The van der Waals surface area contributed by atoms with Gasteiger partial charge in [0.15, 0.2) is 5.78 Å². The SMILES string of the molecule is O=C1CC=Nc2c1cc1n2CCCC1. The van der Waals surface area contributed by atoms with Crippen LogP contribution in [-0.4, -0.2) is 16.6 Å². The second-order valence-corrected chi connectivity index (χ2v) is 3.92. The minimum Gasteiger partial charge on any atom is -0.330 e. The highest BCUT2D eigenvalue weighted by molar-refractivity contribution is 6.09. The van der Waals surface area contributed by atoms with Gasteiger partial charge in [0.05, 0.1) is 5.56 Å². The van der Waals surface area contributed by atoms with Gasteiger partial charge in [0.1, 0.15) is 5.82 Å². The van der Waals surface area contributed by atoms with Gasteiger partial charge in [-0.05, 0) is 25.3 Å². The molecule has 0 amide bonds. The quantitative estimate of drug-likeness (QED) is 0.614. The molecular weight excluding hydrogens is 176 g/mol. The van der Waals surface area contributed by atoms with E-state index in [-0.39, 0.29) is 5.78 Å². The molecule has 3 heteroatoms. The first kappa shape index (κ1) is 7.97. The average molecular weight is 188 g/mol. The Balaban J connectivity index is 2.21. The smallest absolute Gasteiger partial charge is 0.171 e. The van der Waals surface area contributed by atoms with Crippen LogP contribution in [0.15, 0.2) is 11.1 Å². The zero-order valence-electron chi connectivity index (χ0n) is 7.99. The fraction of sp³-hybridized carbons (Fsp3) is 0.455. The number of aryl methyl sites for hydroxylation is 1. The Morgan fingerprint density at radius 3 is 3.21 bits per heavy atom. The molecule has 3 rings (SSSR count). The molecule has 0 spiro atoms. The Kier molecular flexibility index (Phi) is 1.60. The van der Waals surface area contributed by atoms with Gasteiger partial charge in [0, 0.05) is 24.9 Å². The maximum Gasteiger partial charge on any atom is 0.171 e. The largest absolute Gasteiger partial charge is 0.330 e. The van der Waals surface area contributed by atoms with E-state index in [0.29, 0.717) is 6.42 Å². The van der Waals surface area contributed by atoms with Crippen LogP contribution in [0, 0.1) is 0 Å². The van der Waals surface area contributed by atoms with Crippen LogP contribution in [0.2, 0.25) is 0 Å². The van der Waals surface area contributed by atoms with Gasteiger partial charge in [0.2, 0.25) is 0 Å². The van der Waals surface area contributed by atoms with Crippen LogP contribution in [0.4, 0.5) is 5.82 Å². The molecule has 0 bridgehead atoms. The van der Waals surface area contributed by atoms with E-state index in [2.05, 4.69) is 9.56 Å².